The third-order valence-corrected chi connectivity index (χ3v) is 1.34. The van der Waals surface area contributed by atoms with E-state index in [1.165, 1.54) is 6.42 Å². The van der Waals surface area contributed by atoms with Crippen LogP contribution in [0.3, 0.4) is 0 Å². The van der Waals surface area contributed by atoms with Gasteiger partial charge in [-0.2, -0.15) is 0 Å². The lowest BCUT2D eigenvalue weighted by atomic mass is 10.4. The molecule has 0 fully saturated rings. The fraction of sp³-hybridized carbons (Fsp3) is 1.00. The van der Waals surface area contributed by atoms with E-state index >= 15 is 0 Å². The van der Waals surface area contributed by atoms with Crippen LogP contribution in [-0.2, 0) is 0 Å². The van der Waals surface area contributed by atoms with Gasteiger partial charge in [-0.05, 0) is 46.1 Å². The highest BCUT2D eigenvalue weighted by atomic mass is 79.9. The third kappa shape index (κ3) is 24.7. The maximum Gasteiger partial charge on any atom is -0.00368 e. The van der Waals surface area contributed by atoms with E-state index in [1.54, 1.807) is 0 Å². The quantitative estimate of drug-likeness (QED) is 0.576. The van der Waals surface area contributed by atoms with Gasteiger partial charge in [0, 0.05) is 0 Å². The first-order valence-electron chi connectivity index (χ1n) is 3.97. The summed E-state index contributed by atoms with van der Waals surface area (Å²) in [6.45, 7) is 4.04. The molecule has 0 unspecified atom stereocenters. The van der Waals surface area contributed by atoms with E-state index in [1.807, 2.05) is 7.05 Å². The van der Waals surface area contributed by atoms with Crippen molar-refractivity contribution in [2.75, 3.05) is 33.2 Å². The predicted octanol–water partition coefficient (Wildman–Crippen LogP) is 1.27. The van der Waals surface area contributed by atoms with Crippen LogP contribution in [0.15, 0.2) is 0 Å². The largest absolute Gasteiger partial charge is 0.330 e. The van der Waals surface area contributed by atoms with E-state index in [4.69, 9.17) is 5.73 Å². The van der Waals surface area contributed by atoms with E-state index in [9.17, 15) is 0 Å². The summed E-state index contributed by atoms with van der Waals surface area (Å²) in [7, 11) is 1.97. The molecule has 0 rings (SSSR count). The SMILES string of the molecule is Br.Br.Br.CNCCCNCCCN. The first-order valence-corrected chi connectivity index (χ1v) is 3.97. The Labute approximate surface area is 113 Å². The van der Waals surface area contributed by atoms with Crippen molar-refractivity contribution in [1.29, 1.82) is 0 Å². The molecule has 0 aliphatic rings. The van der Waals surface area contributed by atoms with Crippen LogP contribution in [-0.4, -0.2) is 33.2 Å². The lowest BCUT2D eigenvalue weighted by molar-refractivity contribution is 0.610. The number of nitrogens with one attached hydrogen (secondary N) is 2. The van der Waals surface area contributed by atoms with E-state index in [0.29, 0.717) is 0 Å². The van der Waals surface area contributed by atoms with Gasteiger partial charge in [0.2, 0.25) is 0 Å². The summed E-state index contributed by atoms with van der Waals surface area (Å²) < 4.78 is 0. The van der Waals surface area contributed by atoms with Gasteiger partial charge in [-0.1, -0.05) is 0 Å². The first kappa shape index (κ1) is 23.9. The van der Waals surface area contributed by atoms with Crippen molar-refractivity contribution in [3.05, 3.63) is 0 Å². The molecule has 0 aromatic heterocycles. The molecule has 0 saturated carbocycles. The molecule has 0 aliphatic heterocycles. The second-order valence-electron chi connectivity index (χ2n) is 2.35. The Balaban J connectivity index is -0.000000135. The highest BCUT2D eigenvalue weighted by molar-refractivity contribution is 8.93. The van der Waals surface area contributed by atoms with Crippen LogP contribution >= 0.6 is 50.9 Å². The zero-order chi connectivity index (χ0) is 7.66. The van der Waals surface area contributed by atoms with Gasteiger partial charge in [0.05, 0.1) is 0 Å². The summed E-state index contributed by atoms with van der Waals surface area (Å²) in [4.78, 5) is 0. The topological polar surface area (TPSA) is 50.1 Å². The van der Waals surface area contributed by atoms with Gasteiger partial charge in [-0.15, -0.1) is 50.9 Å². The van der Waals surface area contributed by atoms with Crippen LogP contribution in [0.2, 0.25) is 0 Å². The van der Waals surface area contributed by atoms with Gasteiger partial charge in [0.15, 0.2) is 0 Å². The molecule has 0 radical (unpaired) electrons. The Morgan fingerprint density at radius 2 is 1.46 bits per heavy atom. The van der Waals surface area contributed by atoms with E-state index in [2.05, 4.69) is 10.6 Å². The molecular weight excluding hydrogens is 366 g/mol. The van der Waals surface area contributed by atoms with Gasteiger partial charge >= 0.3 is 0 Å². The molecule has 0 heterocycles. The second kappa shape index (κ2) is 23.3. The van der Waals surface area contributed by atoms with Crippen molar-refractivity contribution < 1.29 is 0 Å². The smallest absolute Gasteiger partial charge is 0.00368 e. The van der Waals surface area contributed by atoms with Gasteiger partial charge in [-0.25, -0.2) is 0 Å². The molecule has 0 aromatic rings. The number of nitrogens with two attached hydrogens (primary N) is 1. The highest BCUT2D eigenvalue weighted by Gasteiger charge is 1.84. The van der Waals surface area contributed by atoms with E-state index < -0.39 is 0 Å². The molecule has 4 N–H and O–H groups in total. The fourth-order valence-corrected chi connectivity index (χ4v) is 0.742. The average Bonchev–Trinajstić information content (AvgIpc) is 1.97. The summed E-state index contributed by atoms with van der Waals surface area (Å²) in [6, 6.07) is 0. The minimum absolute atomic E-state index is 0. The highest BCUT2D eigenvalue weighted by Crippen LogP contribution is 1.73. The van der Waals surface area contributed by atoms with Gasteiger partial charge in [0.1, 0.15) is 0 Å². The molecule has 86 valence electrons. The zero-order valence-corrected chi connectivity index (χ0v) is 13.2. The molecule has 0 amide bonds. The molecule has 0 saturated heterocycles. The Morgan fingerprint density at radius 1 is 0.923 bits per heavy atom. The maximum absolute atomic E-state index is 5.32. The van der Waals surface area contributed by atoms with Crippen molar-refractivity contribution in [3.63, 3.8) is 0 Å². The number of rotatable bonds is 7. The lowest BCUT2D eigenvalue weighted by Gasteiger charge is -2.01. The molecule has 0 atom stereocenters. The Bertz CT molecular complexity index is 58.9. The third-order valence-electron chi connectivity index (χ3n) is 1.34. The Hall–Kier alpha value is 1.32. The van der Waals surface area contributed by atoms with Gasteiger partial charge in [-0.3, -0.25) is 0 Å². The van der Waals surface area contributed by atoms with Crippen LogP contribution in [0.25, 0.3) is 0 Å². The second-order valence-corrected chi connectivity index (χ2v) is 2.35. The normalized spacial score (nSPS) is 7.85. The van der Waals surface area contributed by atoms with Crippen LogP contribution in [0.5, 0.6) is 0 Å². The van der Waals surface area contributed by atoms with Crippen molar-refractivity contribution in [3.8, 4) is 0 Å². The van der Waals surface area contributed by atoms with Crippen molar-refractivity contribution in [1.82, 2.24) is 10.6 Å². The van der Waals surface area contributed by atoms with Crippen LogP contribution in [0.4, 0.5) is 0 Å². The summed E-state index contributed by atoms with van der Waals surface area (Å²) in [5.41, 5.74) is 5.32. The van der Waals surface area contributed by atoms with Crippen molar-refractivity contribution >= 4 is 50.9 Å². The molecule has 0 spiro atoms. The van der Waals surface area contributed by atoms with Gasteiger partial charge < -0.3 is 16.4 Å². The van der Waals surface area contributed by atoms with Gasteiger partial charge in [0.25, 0.3) is 0 Å². The van der Waals surface area contributed by atoms with E-state index in [-0.39, 0.29) is 50.9 Å². The summed E-state index contributed by atoms with van der Waals surface area (Å²) in [5, 5.41) is 6.40. The number of hydrogen-bond acceptors (Lipinski definition) is 3. The molecule has 13 heavy (non-hydrogen) atoms. The van der Waals surface area contributed by atoms with Crippen molar-refractivity contribution in [2.24, 2.45) is 5.73 Å². The standard InChI is InChI=1S/C7H19N3.3BrH/c1-9-5-3-7-10-6-2-4-8;;;/h9-10H,2-8H2,1H3;3*1H. The molecular formula is C7H22Br3N3. The molecule has 3 nitrogen and oxygen atoms in total. The summed E-state index contributed by atoms with van der Waals surface area (Å²) in [5.74, 6) is 0. The zero-order valence-electron chi connectivity index (χ0n) is 8.04. The first-order chi connectivity index (χ1) is 4.91. The van der Waals surface area contributed by atoms with Crippen LogP contribution in [0.1, 0.15) is 12.8 Å². The molecule has 6 heteroatoms. The van der Waals surface area contributed by atoms with E-state index in [0.717, 1.165) is 32.6 Å². The summed E-state index contributed by atoms with van der Waals surface area (Å²) >= 11 is 0. The van der Waals surface area contributed by atoms with Crippen LogP contribution < -0.4 is 16.4 Å². The molecule has 0 bridgehead atoms. The fourth-order valence-electron chi connectivity index (χ4n) is 0.742. The monoisotopic (exact) mass is 385 g/mol. The predicted molar refractivity (Wildman–Crippen MR) is 76.1 cm³/mol. The van der Waals surface area contributed by atoms with Crippen molar-refractivity contribution in [2.45, 2.75) is 12.8 Å². The number of hydrogen-bond donors (Lipinski definition) is 3. The minimum atomic E-state index is 0. The lowest BCUT2D eigenvalue weighted by Crippen LogP contribution is -2.22. The summed E-state index contributed by atoms with van der Waals surface area (Å²) in [6.07, 6.45) is 2.28. The maximum atomic E-state index is 5.32. The minimum Gasteiger partial charge on any atom is -0.330 e. The van der Waals surface area contributed by atoms with Crippen LogP contribution in [0, 0.1) is 0 Å². The Morgan fingerprint density at radius 3 is 1.92 bits per heavy atom. The number of halogens is 3. The Kier molecular flexibility index (Phi) is 42.7. The molecule has 0 aromatic carbocycles. The average molecular weight is 388 g/mol. The molecule has 0 aliphatic carbocycles.